The third-order valence-electron chi connectivity index (χ3n) is 4.66. The first-order valence-corrected chi connectivity index (χ1v) is 9.77. The number of hydrogen-bond donors (Lipinski definition) is 1. The van der Waals surface area contributed by atoms with E-state index in [1.165, 1.54) is 0 Å². The fourth-order valence-electron chi connectivity index (χ4n) is 3.29. The number of halogens is 1. The van der Waals surface area contributed by atoms with Gasteiger partial charge in [0.1, 0.15) is 11.5 Å². The minimum absolute atomic E-state index is 0.645. The number of aromatic nitrogens is 3. The molecule has 1 fully saturated rings. The van der Waals surface area contributed by atoms with Gasteiger partial charge in [-0.05, 0) is 40.2 Å². The molecular weight excluding hydrogens is 406 g/mol. The van der Waals surface area contributed by atoms with E-state index in [-0.39, 0.29) is 0 Å². The second-order valence-electron chi connectivity index (χ2n) is 6.41. The molecule has 0 unspecified atom stereocenters. The van der Waals surface area contributed by atoms with Crippen molar-refractivity contribution in [3.05, 3.63) is 59.1 Å². The number of fused-ring (bicyclic) bond motifs is 1. The number of imidazole rings is 1. The van der Waals surface area contributed by atoms with Gasteiger partial charge in [-0.25, -0.2) is 9.97 Å². The largest absolute Gasteiger partial charge is 0.353 e. The van der Waals surface area contributed by atoms with Gasteiger partial charge in [0.25, 0.3) is 0 Å². The molecule has 0 amide bonds. The molecule has 0 bridgehead atoms. The number of piperazine rings is 1. The summed E-state index contributed by atoms with van der Waals surface area (Å²) in [5, 5.41) is 3.44. The second-order valence-corrected chi connectivity index (χ2v) is 7.32. The summed E-state index contributed by atoms with van der Waals surface area (Å²) in [7, 11) is 1.83. The molecule has 4 rings (SSSR count). The molecule has 1 aliphatic rings. The maximum atomic E-state index is 4.65. The van der Waals surface area contributed by atoms with E-state index in [9.17, 15) is 0 Å². The predicted molar refractivity (Wildman–Crippen MR) is 111 cm³/mol. The topological polar surface area (TPSA) is 61.1 Å². The Labute approximate surface area is 166 Å². The van der Waals surface area contributed by atoms with E-state index in [2.05, 4.69) is 52.1 Å². The van der Waals surface area contributed by atoms with Crippen LogP contribution in [0.4, 0.5) is 5.82 Å². The smallest absolute Gasteiger partial charge is 0.194 e. The molecule has 140 valence electrons. The third-order valence-corrected chi connectivity index (χ3v) is 5.13. The van der Waals surface area contributed by atoms with E-state index >= 15 is 0 Å². The number of anilines is 1. The van der Waals surface area contributed by atoms with E-state index < -0.39 is 0 Å². The van der Waals surface area contributed by atoms with Gasteiger partial charge in [-0.2, -0.15) is 0 Å². The van der Waals surface area contributed by atoms with Gasteiger partial charge in [-0.15, -0.1) is 0 Å². The lowest BCUT2D eigenvalue weighted by Crippen LogP contribution is -2.52. The van der Waals surface area contributed by atoms with E-state index in [4.69, 9.17) is 0 Å². The first-order valence-electron chi connectivity index (χ1n) is 8.97. The Kier molecular flexibility index (Phi) is 5.24. The highest BCUT2D eigenvalue weighted by molar-refractivity contribution is 9.10. The van der Waals surface area contributed by atoms with Gasteiger partial charge in [-0.1, -0.05) is 6.07 Å². The summed E-state index contributed by atoms with van der Waals surface area (Å²) >= 11 is 3.49. The van der Waals surface area contributed by atoms with Gasteiger partial charge in [0.15, 0.2) is 5.96 Å². The number of guanidine groups is 1. The monoisotopic (exact) mass is 427 g/mol. The van der Waals surface area contributed by atoms with Crippen LogP contribution in [0.3, 0.4) is 0 Å². The number of nitrogens with one attached hydrogen (secondary N) is 1. The van der Waals surface area contributed by atoms with Crippen molar-refractivity contribution in [1.29, 1.82) is 0 Å². The normalized spacial score (nSPS) is 15.4. The van der Waals surface area contributed by atoms with Crippen molar-refractivity contribution in [3.8, 4) is 0 Å². The fraction of sp³-hybridized carbons (Fsp3) is 0.316. The van der Waals surface area contributed by atoms with Crippen molar-refractivity contribution in [2.24, 2.45) is 4.99 Å². The van der Waals surface area contributed by atoms with Gasteiger partial charge >= 0.3 is 0 Å². The van der Waals surface area contributed by atoms with Gasteiger partial charge in [0.05, 0.1) is 12.2 Å². The van der Waals surface area contributed by atoms with E-state index in [0.717, 1.165) is 53.8 Å². The Morgan fingerprint density at radius 1 is 1.15 bits per heavy atom. The minimum Gasteiger partial charge on any atom is -0.353 e. The van der Waals surface area contributed by atoms with Crippen molar-refractivity contribution < 1.29 is 0 Å². The van der Waals surface area contributed by atoms with Crippen LogP contribution in [0.2, 0.25) is 0 Å². The lowest BCUT2D eigenvalue weighted by atomic mass is 10.3. The van der Waals surface area contributed by atoms with E-state index in [1.807, 2.05) is 54.3 Å². The highest BCUT2D eigenvalue weighted by Crippen LogP contribution is 2.14. The van der Waals surface area contributed by atoms with Crippen LogP contribution in [0.25, 0.3) is 5.65 Å². The first-order chi connectivity index (χ1) is 13.2. The average molecular weight is 428 g/mol. The van der Waals surface area contributed by atoms with Gasteiger partial charge < -0.3 is 19.5 Å². The molecule has 1 aliphatic heterocycles. The summed E-state index contributed by atoms with van der Waals surface area (Å²) < 4.78 is 3.06. The predicted octanol–water partition coefficient (Wildman–Crippen LogP) is 2.39. The molecule has 0 aromatic carbocycles. The molecule has 4 heterocycles. The first kappa shape index (κ1) is 17.8. The maximum Gasteiger partial charge on any atom is 0.194 e. The maximum absolute atomic E-state index is 4.65. The van der Waals surface area contributed by atoms with Gasteiger partial charge in [0, 0.05) is 56.3 Å². The summed E-state index contributed by atoms with van der Waals surface area (Å²) in [5.74, 6) is 1.95. The number of rotatable bonds is 3. The van der Waals surface area contributed by atoms with Crippen LogP contribution in [-0.2, 0) is 6.54 Å². The standard InChI is InChI=1S/C19H22BrN7/c1-21-19(23-12-16-14-27-13-15(20)5-6-18(27)24-16)26-10-8-25(9-11-26)17-4-2-3-7-22-17/h2-7,13-14H,8-12H2,1H3,(H,21,23). The molecule has 1 N–H and O–H groups in total. The number of pyridine rings is 2. The Hall–Kier alpha value is -2.61. The van der Waals surface area contributed by atoms with Crippen LogP contribution in [-0.4, -0.2) is 58.5 Å². The van der Waals surface area contributed by atoms with Crippen molar-refractivity contribution in [2.75, 3.05) is 38.1 Å². The van der Waals surface area contributed by atoms with Crippen LogP contribution in [0.1, 0.15) is 5.69 Å². The summed E-state index contributed by atoms with van der Waals surface area (Å²) in [6.07, 6.45) is 5.90. The van der Waals surface area contributed by atoms with Crippen LogP contribution in [0.15, 0.2) is 58.4 Å². The third kappa shape index (κ3) is 4.05. The van der Waals surface area contributed by atoms with Crippen molar-refractivity contribution in [3.63, 3.8) is 0 Å². The molecular formula is C19H22BrN7. The van der Waals surface area contributed by atoms with Gasteiger partial charge in [0.2, 0.25) is 0 Å². The average Bonchev–Trinajstić information content (AvgIpc) is 3.11. The molecule has 0 aliphatic carbocycles. The number of aliphatic imine (C=N–C) groups is 1. The van der Waals surface area contributed by atoms with E-state index in [1.54, 1.807) is 0 Å². The van der Waals surface area contributed by atoms with Crippen molar-refractivity contribution in [2.45, 2.75) is 6.54 Å². The molecule has 3 aromatic rings. The minimum atomic E-state index is 0.645. The fourth-order valence-corrected chi connectivity index (χ4v) is 3.65. The second kappa shape index (κ2) is 7.96. The van der Waals surface area contributed by atoms with Crippen LogP contribution in [0, 0.1) is 0 Å². The lowest BCUT2D eigenvalue weighted by molar-refractivity contribution is 0.371. The Morgan fingerprint density at radius 2 is 2.00 bits per heavy atom. The number of nitrogens with zero attached hydrogens (tertiary/aromatic N) is 6. The summed E-state index contributed by atoms with van der Waals surface area (Å²) in [5.41, 5.74) is 1.93. The Balaban J connectivity index is 1.35. The van der Waals surface area contributed by atoms with Crippen LogP contribution >= 0.6 is 15.9 Å². The zero-order valence-electron chi connectivity index (χ0n) is 15.2. The van der Waals surface area contributed by atoms with Gasteiger partial charge in [-0.3, -0.25) is 4.99 Å². The molecule has 3 aromatic heterocycles. The number of hydrogen-bond acceptors (Lipinski definition) is 4. The highest BCUT2D eigenvalue weighted by atomic mass is 79.9. The zero-order chi connectivity index (χ0) is 18.6. The molecule has 8 heteroatoms. The molecule has 0 radical (unpaired) electrons. The SMILES string of the molecule is CN=C(NCc1cn2cc(Br)ccc2n1)N1CCN(c2ccccn2)CC1. The summed E-state index contributed by atoms with van der Waals surface area (Å²) in [6, 6.07) is 10.0. The summed E-state index contributed by atoms with van der Waals surface area (Å²) in [6.45, 7) is 4.33. The van der Waals surface area contributed by atoms with E-state index in [0.29, 0.717) is 6.54 Å². The van der Waals surface area contributed by atoms with Crippen molar-refractivity contribution >= 4 is 33.4 Å². The Morgan fingerprint density at radius 3 is 2.74 bits per heavy atom. The molecule has 27 heavy (non-hydrogen) atoms. The summed E-state index contributed by atoms with van der Waals surface area (Å²) in [4.78, 5) is 18.1. The van der Waals surface area contributed by atoms with Crippen molar-refractivity contribution in [1.82, 2.24) is 24.6 Å². The lowest BCUT2D eigenvalue weighted by Gasteiger charge is -2.37. The Bertz CT molecular complexity index is 930. The quantitative estimate of drug-likeness (QED) is 0.513. The van der Waals surface area contributed by atoms with Crippen LogP contribution < -0.4 is 10.2 Å². The molecule has 0 spiro atoms. The highest BCUT2D eigenvalue weighted by Gasteiger charge is 2.20. The molecule has 0 saturated carbocycles. The molecule has 0 atom stereocenters. The zero-order valence-corrected chi connectivity index (χ0v) is 16.8. The molecule has 1 saturated heterocycles. The van der Waals surface area contributed by atoms with Crippen LogP contribution in [0.5, 0.6) is 0 Å². The molecule has 7 nitrogen and oxygen atoms in total.